The normalized spacial score (nSPS) is 12.9. The molecule has 0 amide bonds. The fourth-order valence-electron chi connectivity index (χ4n) is 3.16. The molecule has 0 heterocycles. The lowest BCUT2D eigenvalue weighted by Crippen LogP contribution is -2.10. The first kappa shape index (κ1) is 20.1. The van der Waals surface area contributed by atoms with E-state index in [-0.39, 0.29) is 21.8 Å². The van der Waals surface area contributed by atoms with E-state index in [0.717, 1.165) is 6.07 Å². The third-order valence-electron chi connectivity index (χ3n) is 4.61. The van der Waals surface area contributed by atoms with Crippen LogP contribution in [0.25, 0.3) is 11.1 Å². The summed E-state index contributed by atoms with van der Waals surface area (Å²) in [5.74, 6) is 0.0561. The first-order chi connectivity index (χ1) is 14.1. The molecule has 0 bridgehead atoms. The van der Waals surface area contributed by atoms with Gasteiger partial charge in [0.15, 0.2) is 5.78 Å². The molecule has 0 atom stereocenters. The molecule has 0 aromatic heterocycles. The van der Waals surface area contributed by atoms with Gasteiger partial charge in [-0.1, -0.05) is 12.1 Å². The summed E-state index contributed by atoms with van der Waals surface area (Å²) in [5.41, 5.74) is 1.06. The van der Waals surface area contributed by atoms with Gasteiger partial charge in [0, 0.05) is 11.1 Å². The summed E-state index contributed by atoms with van der Waals surface area (Å²) in [4.78, 5) is 12.1. The van der Waals surface area contributed by atoms with E-state index < -0.39 is 30.9 Å². The first-order valence-electron chi connectivity index (χ1n) is 8.49. The molecule has 1 aliphatic carbocycles. The standard InChI is InChI=1S/C20H14O8S2/c1-27-12-2-4-13(5-3-12)28-30(25,26)15-7-9-17-16-8-6-14(29(22,23)24)10-18(16)20(21)19(17)11-15/h2-11H,1H3,(H,22,23,24). The molecule has 10 heteroatoms. The van der Waals surface area contributed by atoms with E-state index >= 15 is 0 Å². The summed E-state index contributed by atoms with van der Waals surface area (Å²) in [6, 6.07) is 13.5. The minimum Gasteiger partial charge on any atom is -0.497 e. The van der Waals surface area contributed by atoms with Crippen LogP contribution < -0.4 is 8.92 Å². The van der Waals surface area contributed by atoms with Crippen molar-refractivity contribution in [1.29, 1.82) is 0 Å². The summed E-state index contributed by atoms with van der Waals surface area (Å²) < 4.78 is 67.3. The lowest BCUT2D eigenvalue weighted by atomic mass is 10.1. The summed E-state index contributed by atoms with van der Waals surface area (Å²) in [6.45, 7) is 0. The molecule has 0 radical (unpaired) electrons. The SMILES string of the molecule is COc1ccc(OS(=O)(=O)c2ccc3c(c2)C(=O)c2cc(S(=O)(=O)O)ccc2-3)cc1. The second-order valence-corrected chi connectivity index (χ2v) is 9.40. The van der Waals surface area contributed by atoms with Crippen molar-refractivity contribution < 1.29 is 35.1 Å². The molecule has 0 aliphatic heterocycles. The Kier molecular flexibility index (Phi) is 4.64. The molecule has 0 fully saturated rings. The molecular formula is C20H14O8S2. The average Bonchev–Trinajstić information content (AvgIpc) is 2.99. The summed E-state index contributed by atoms with van der Waals surface area (Å²) in [7, 11) is -7.23. The number of hydrogen-bond donors (Lipinski definition) is 1. The molecule has 1 N–H and O–H groups in total. The van der Waals surface area contributed by atoms with Gasteiger partial charge in [0.05, 0.1) is 12.0 Å². The highest BCUT2D eigenvalue weighted by Crippen LogP contribution is 2.39. The van der Waals surface area contributed by atoms with E-state index in [0.29, 0.717) is 16.9 Å². The zero-order valence-electron chi connectivity index (χ0n) is 15.4. The number of rotatable bonds is 5. The number of fused-ring (bicyclic) bond motifs is 3. The van der Waals surface area contributed by atoms with Crippen molar-refractivity contribution in [1.82, 2.24) is 0 Å². The van der Waals surface area contributed by atoms with Gasteiger partial charge in [-0.3, -0.25) is 9.35 Å². The van der Waals surface area contributed by atoms with Crippen molar-refractivity contribution in [2.45, 2.75) is 9.79 Å². The van der Waals surface area contributed by atoms with Gasteiger partial charge in [-0.15, -0.1) is 0 Å². The highest BCUT2D eigenvalue weighted by atomic mass is 32.2. The van der Waals surface area contributed by atoms with Crippen molar-refractivity contribution in [3.63, 3.8) is 0 Å². The highest BCUT2D eigenvalue weighted by Gasteiger charge is 2.30. The van der Waals surface area contributed by atoms with Crippen LogP contribution in [-0.4, -0.2) is 34.3 Å². The Hall–Kier alpha value is -3.21. The second-order valence-electron chi connectivity index (χ2n) is 6.43. The van der Waals surface area contributed by atoms with Crippen LogP contribution in [0.15, 0.2) is 70.5 Å². The van der Waals surface area contributed by atoms with Crippen LogP contribution in [0.4, 0.5) is 0 Å². The number of methoxy groups -OCH3 is 1. The van der Waals surface area contributed by atoms with Crippen molar-refractivity contribution in [3.8, 4) is 22.6 Å². The predicted octanol–water partition coefficient (Wildman–Crippen LogP) is 2.92. The third kappa shape index (κ3) is 3.45. The van der Waals surface area contributed by atoms with Crippen LogP contribution in [0.3, 0.4) is 0 Å². The molecule has 0 saturated heterocycles. The summed E-state index contributed by atoms with van der Waals surface area (Å²) in [5, 5.41) is 0. The lowest BCUT2D eigenvalue weighted by molar-refractivity contribution is 0.104. The van der Waals surface area contributed by atoms with Gasteiger partial charge < -0.3 is 8.92 Å². The van der Waals surface area contributed by atoms with Gasteiger partial charge in [0.25, 0.3) is 10.1 Å². The number of benzene rings is 3. The lowest BCUT2D eigenvalue weighted by Gasteiger charge is -2.09. The van der Waals surface area contributed by atoms with Gasteiger partial charge in [-0.25, -0.2) is 0 Å². The van der Waals surface area contributed by atoms with Crippen LogP contribution in [-0.2, 0) is 20.2 Å². The fourth-order valence-corrected chi connectivity index (χ4v) is 4.62. The minimum atomic E-state index is -4.48. The maximum absolute atomic E-state index is 12.7. The number of carbonyl (C=O) groups excluding carboxylic acids is 1. The average molecular weight is 446 g/mol. The molecule has 0 saturated carbocycles. The fraction of sp³-hybridized carbons (Fsp3) is 0.0500. The van der Waals surface area contributed by atoms with Crippen LogP contribution in [0.2, 0.25) is 0 Å². The van der Waals surface area contributed by atoms with E-state index in [9.17, 15) is 26.2 Å². The van der Waals surface area contributed by atoms with Crippen molar-refractivity contribution in [3.05, 3.63) is 71.8 Å². The van der Waals surface area contributed by atoms with Crippen molar-refractivity contribution >= 4 is 26.0 Å². The molecule has 4 rings (SSSR count). The molecule has 3 aromatic carbocycles. The Bertz CT molecular complexity index is 1390. The van der Waals surface area contributed by atoms with E-state index in [4.69, 9.17) is 8.92 Å². The first-order valence-corrected chi connectivity index (χ1v) is 11.3. The molecule has 1 aliphatic rings. The second kappa shape index (κ2) is 6.94. The smallest absolute Gasteiger partial charge is 0.339 e. The molecule has 3 aromatic rings. The molecule has 8 nitrogen and oxygen atoms in total. The molecule has 0 spiro atoms. The molecule has 0 unspecified atom stereocenters. The number of hydrogen-bond acceptors (Lipinski definition) is 7. The van der Waals surface area contributed by atoms with Gasteiger partial charge in [0.1, 0.15) is 16.4 Å². The monoisotopic (exact) mass is 446 g/mol. The van der Waals surface area contributed by atoms with Crippen LogP contribution in [0.5, 0.6) is 11.5 Å². The van der Waals surface area contributed by atoms with Crippen molar-refractivity contribution in [2.75, 3.05) is 7.11 Å². The van der Waals surface area contributed by atoms with Crippen molar-refractivity contribution in [2.24, 2.45) is 0 Å². The Morgan fingerprint density at radius 3 is 1.73 bits per heavy atom. The number of ketones is 1. The predicted molar refractivity (Wildman–Crippen MR) is 106 cm³/mol. The van der Waals surface area contributed by atoms with E-state index in [2.05, 4.69) is 0 Å². The quantitative estimate of drug-likeness (QED) is 0.367. The maximum atomic E-state index is 12.7. The number of carbonyl (C=O) groups is 1. The van der Waals surface area contributed by atoms with E-state index in [1.165, 1.54) is 49.6 Å². The molecule has 30 heavy (non-hydrogen) atoms. The summed E-state index contributed by atoms with van der Waals surface area (Å²) >= 11 is 0. The Morgan fingerprint density at radius 1 is 0.700 bits per heavy atom. The number of ether oxygens (including phenoxy) is 1. The maximum Gasteiger partial charge on any atom is 0.339 e. The van der Waals surface area contributed by atoms with Crippen LogP contribution in [0, 0.1) is 0 Å². The van der Waals surface area contributed by atoms with Crippen LogP contribution in [0.1, 0.15) is 15.9 Å². The Labute approximate surface area is 172 Å². The highest BCUT2D eigenvalue weighted by molar-refractivity contribution is 7.87. The Morgan fingerprint density at radius 2 is 1.20 bits per heavy atom. The van der Waals surface area contributed by atoms with Gasteiger partial charge in [-0.2, -0.15) is 16.8 Å². The van der Waals surface area contributed by atoms with E-state index in [1.807, 2.05) is 0 Å². The van der Waals surface area contributed by atoms with E-state index in [1.54, 1.807) is 12.1 Å². The Balaban J connectivity index is 1.70. The minimum absolute atomic E-state index is 0.0609. The van der Waals surface area contributed by atoms with Gasteiger partial charge >= 0.3 is 10.1 Å². The molecule has 154 valence electrons. The third-order valence-corrected chi connectivity index (χ3v) is 6.71. The molecular weight excluding hydrogens is 432 g/mol. The largest absolute Gasteiger partial charge is 0.497 e. The zero-order chi connectivity index (χ0) is 21.7. The van der Waals surface area contributed by atoms with Gasteiger partial charge in [0.2, 0.25) is 0 Å². The van der Waals surface area contributed by atoms with Crippen LogP contribution >= 0.6 is 0 Å². The van der Waals surface area contributed by atoms with Gasteiger partial charge in [-0.05, 0) is 59.7 Å². The topological polar surface area (TPSA) is 124 Å². The zero-order valence-corrected chi connectivity index (χ0v) is 17.0. The summed E-state index contributed by atoms with van der Waals surface area (Å²) in [6.07, 6.45) is 0.